The van der Waals surface area contributed by atoms with Crippen LogP contribution in [0.2, 0.25) is 0 Å². The lowest BCUT2D eigenvalue weighted by Crippen LogP contribution is -2.21. The van der Waals surface area contributed by atoms with E-state index >= 15 is 0 Å². The van der Waals surface area contributed by atoms with E-state index in [0.717, 1.165) is 43.0 Å². The van der Waals surface area contributed by atoms with Gasteiger partial charge < -0.3 is 15.0 Å². The number of aliphatic carboxylic acids is 1. The molecule has 1 aromatic heterocycles. The van der Waals surface area contributed by atoms with Crippen LogP contribution in [0.3, 0.4) is 0 Å². The zero-order chi connectivity index (χ0) is 24.9. The van der Waals surface area contributed by atoms with Crippen LogP contribution >= 0.6 is 0 Å². The number of nitrogens with zero attached hydrogens (tertiary/aromatic N) is 2. The normalized spacial score (nSPS) is 13.1. The first-order valence-electron chi connectivity index (χ1n) is 10.8. The van der Waals surface area contributed by atoms with E-state index in [1.54, 1.807) is 0 Å². The van der Waals surface area contributed by atoms with E-state index in [9.17, 15) is 18.0 Å². The highest BCUT2D eigenvalue weighted by Crippen LogP contribution is 2.30. The predicted molar refractivity (Wildman–Crippen MR) is 123 cm³/mol. The first kappa shape index (κ1) is 25.0. The molecule has 6 nitrogen and oxygen atoms in total. The number of fused-ring (bicyclic) bond motifs is 1. The highest BCUT2D eigenvalue weighted by molar-refractivity contribution is 6.05. The molecule has 0 saturated heterocycles. The number of alkyl halides is 3. The van der Waals surface area contributed by atoms with Gasteiger partial charge in [0, 0.05) is 42.4 Å². The van der Waals surface area contributed by atoms with Crippen molar-refractivity contribution in [1.29, 1.82) is 0 Å². The molecule has 0 atom stereocenters. The van der Waals surface area contributed by atoms with Crippen LogP contribution in [0.5, 0.6) is 0 Å². The molecule has 34 heavy (non-hydrogen) atoms. The van der Waals surface area contributed by atoms with E-state index in [1.165, 1.54) is 11.1 Å². The molecule has 2 aromatic carbocycles. The Balaban J connectivity index is 0.000000406. The van der Waals surface area contributed by atoms with Crippen molar-refractivity contribution in [3.63, 3.8) is 0 Å². The number of benzene rings is 2. The Kier molecular flexibility index (Phi) is 7.78. The standard InChI is InChI=1S/C23H25N3O.C2HF3O2/c1-3-11-25-15-18-7-6-8-22(21(18)16-25)24-23(27)20-10-9-19(14-17(20)2)26-12-4-5-13-26;3-2(4,5)1(6)7/h4-10,12-14H,3,11,15-16H2,1-2H3,(H,24,27);(H,6,7). The smallest absolute Gasteiger partial charge is 0.475 e. The molecule has 180 valence electrons. The number of carboxylic acid groups (broad SMARTS) is 1. The maximum absolute atomic E-state index is 12.9. The van der Waals surface area contributed by atoms with Crippen molar-refractivity contribution in [2.75, 3.05) is 11.9 Å². The first-order chi connectivity index (χ1) is 16.1. The van der Waals surface area contributed by atoms with Crippen LogP contribution in [0.15, 0.2) is 60.9 Å². The molecule has 1 aliphatic heterocycles. The van der Waals surface area contributed by atoms with E-state index in [1.807, 2.05) is 66.3 Å². The van der Waals surface area contributed by atoms with Crippen molar-refractivity contribution in [3.05, 3.63) is 83.2 Å². The average molecular weight is 473 g/mol. The number of hydrogen-bond acceptors (Lipinski definition) is 3. The monoisotopic (exact) mass is 473 g/mol. The zero-order valence-corrected chi connectivity index (χ0v) is 18.9. The number of halogens is 3. The van der Waals surface area contributed by atoms with Crippen LogP contribution < -0.4 is 5.32 Å². The molecule has 0 spiro atoms. The van der Waals surface area contributed by atoms with E-state index in [-0.39, 0.29) is 5.91 Å². The molecule has 0 saturated carbocycles. The molecule has 4 rings (SSSR count). The second-order valence-electron chi connectivity index (χ2n) is 8.00. The molecule has 1 aliphatic rings. The summed E-state index contributed by atoms with van der Waals surface area (Å²) in [5.74, 6) is -2.80. The number of aryl methyl sites for hydroxylation is 1. The molecular formula is C25H26F3N3O3. The van der Waals surface area contributed by atoms with Crippen LogP contribution in [0, 0.1) is 6.92 Å². The fourth-order valence-electron chi connectivity index (χ4n) is 3.84. The Morgan fingerprint density at radius 2 is 1.74 bits per heavy atom. The second-order valence-corrected chi connectivity index (χ2v) is 8.00. The third kappa shape index (κ3) is 6.05. The topological polar surface area (TPSA) is 74.6 Å². The van der Waals surface area contributed by atoms with Gasteiger partial charge in [0.15, 0.2) is 0 Å². The molecule has 3 aromatic rings. The number of carbonyl (C=O) groups is 2. The molecule has 0 aliphatic carbocycles. The minimum atomic E-state index is -5.08. The number of carbonyl (C=O) groups excluding carboxylic acids is 1. The number of amides is 1. The number of aromatic nitrogens is 1. The highest BCUT2D eigenvalue weighted by atomic mass is 19.4. The van der Waals surface area contributed by atoms with Gasteiger partial charge in [0.05, 0.1) is 0 Å². The van der Waals surface area contributed by atoms with E-state index in [2.05, 4.69) is 23.2 Å². The summed E-state index contributed by atoms with van der Waals surface area (Å²) in [6.45, 7) is 7.15. The third-order valence-corrected chi connectivity index (χ3v) is 5.44. The van der Waals surface area contributed by atoms with Crippen molar-refractivity contribution in [3.8, 4) is 5.69 Å². The van der Waals surface area contributed by atoms with Gasteiger partial charge in [-0.1, -0.05) is 19.1 Å². The van der Waals surface area contributed by atoms with Crippen LogP contribution in [0.1, 0.15) is 40.4 Å². The molecule has 1 amide bonds. The maximum atomic E-state index is 12.9. The van der Waals surface area contributed by atoms with Gasteiger partial charge in [0.2, 0.25) is 0 Å². The summed E-state index contributed by atoms with van der Waals surface area (Å²) >= 11 is 0. The minimum absolute atomic E-state index is 0.0473. The molecule has 0 fully saturated rings. The predicted octanol–water partition coefficient (Wildman–Crippen LogP) is 5.40. The van der Waals surface area contributed by atoms with E-state index in [0.29, 0.717) is 5.56 Å². The third-order valence-electron chi connectivity index (χ3n) is 5.44. The van der Waals surface area contributed by atoms with E-state index in [4.69, 9.17) is 9.90 Å². The highest BCUT2D eigenvalue weighted by Gasteiger charge is 2.38. The first-order valence-corrected chi connectivity index (χ1v) is 10.8. The Morgan fingerprint density at radius 3 is 2.32 bits per heavy atom. The zero-order valence-electron chi connectivity index (χ0n) is 18.9. The molecule has 0 unspecified atom stereocenters. The summed E-state index contributed by atoms with van der Waals surface area (Å²) in [6.07, 6.45) is 0.0658. The maximum Gasteiger partial charge on any atom is 0.490 e. The fraction of sp³-hybridized carbons (Fsp3) is 0.280. The number of hydrogen-bond donors (Lipinski definition) is 2. The molecule has 0 radical (unpaired) electrons. The summed E-state index contributed by atoms with van der Waals surface area (Å²) in [7, 11) is 0. The summed E-state index contributed by atoms with van der Waals surface area (Å²) in [5.41, 5.74) is 6.25. The summed E-state index contributed by atoms with van der Waals surface area (Å²) in [6, 6.07) is 16.1. The van der Waals surface area contributed by atoms with Crippen molar-refractivity contribution in [2.45, 2.75) is 39.5 Å². The minimum Gasteiger partial charge on any atom is -0.475 e. The molecule has 2 N–H and O–H groups in total. The lowest BCUT2D eigenvalue weighted by molar-refractivity contribution is -0.192. The quantitative estimate of drug-likeness (QED) is 0.521. The van der Waals surface area contributed by atoms with Crippen LogP contribution in [0.4, 0.5) is 18.9 Å². The van der Waals surface area contributed by atoms with Gasteiger partial charge in [0.1, 0.15) is 0 Å². The Hall–Kier alpha value is -3.59. The average Bonchev–Trinajstić information content (AvgIpc) is 3.44. The van der Waals surface area contributed by atoms with Gasteiger partial charge in [-0.3, -0.25) is 9.69 Å². The SMILES string of the molecule is CCCN1Cc2cccc(NC(=O)c3ccc(-n4cccc4)cc3C)c2C1.O=C(O)C(F)(F)F. The van der Waals surface area contributed by atoms with Crippen molar-refractivity contribution in [1.82, 2.24) is 9.47 Å². The largest absolute Gasteiger partial charge is 0.490 e. The van der Waals surface area contributed by atoms with Gasteiger partial charge in [-0.2, -0.15) is 13.2 Å². The van der Waals surface area contributed by atoms with Gasteiger partial charge in [-0.25, -0.2) is 4.79 Å². The van der Waals surface area contributed by atoms with Crippen LogP contribution in [0.25, 0.3) is 5.69 Å². The van der Waals surface area contributed by atoms with Crippen molar-refractivity contribution < 1.29 is 27.9 Å². The number of rotatable bonds is 5. The summed E-state index contributed by atoms with van der Waals surface area (Å²) in [5, 5.41) is 10.3. The van der Waals surface area contributed by atoms with Gasteiger partial charge in [-0.15, -0.1) is 0 Å². The number of nitrogens with one attached hydrogen (secondary N) is 1. The van der Waals surface area contributed by atoms with Crippen LogP contribution in [-0.4, -0.2) is 39.2 Å². The fourth-order valence-corrected chi connectivity index (χ4v) is 3.84. The van der Waals surface area contributed by atoms with Gasteiger partial charge in [0.25, 0.3) is 5.91 Å². The van der Waals surface area contributed by atoms with Crippen molar-refractivity contribution >= 4 is 17.6 Å². The lowest BCUT2D eigenvalue weighted by atomic mass is 10.1. The number of carboxylic acids is 1. The van der Waals surface area contributed by atoms with Crippen molar-refractivity contribution in [2.24, 2.45) is 0 Å². The Morgan fingerprint density at radius 1 is 1.06 bits per heavy atom. The Bertz CT molecular complexity index is 1160. The van der Waals surface area contributed by atoms with E-state index < -0.39 is 12.1 Å². The second kappa shape index (κ2) is 10.6. The van der Waals surface area contributed by atoms with Gasteiger partial charge in [-0.05, 0) is 73.0 Å². The number of anilines is 1. The lowest BCUT2D eigenvalue weighted by Gasteiger charge is -2.14. The molecular weight excluding hydrogens is 447 g/mol. The molecule has 0 bridgehead atoms. The molecule has 2 heterocycles. The van der Waals surface area contributed by atoms with Gasteiger partial charge >= 0.3 is 12.1 Å². The van der Waals surface area contributed by atoms with Crippen LogP contribution in [-0.2, 0) is 17.9 Å². The summed E-state index contributed by atoms with van der Waals surface area (Å²) < 4.78 is 33.8. The Labute approximate surface area is 195 Å². The summed E-state index contributed by atoms with van der Waals surface area (Å²) in [4.78, 5) is 24.2. The molecule has 9 heteroatoms.